The van der Waals surface area contributed by atoms with E-state index in [1.165, 1.54) is 11.3 Å². The molecule has 0 radical (unpaired) electrons. The van der Waals surface area contributed by atoms with Crippen molar-refractivity contribution in [2.24, 2.45) is 0 Å². The van der Waals surface area contributed by atoms with Crippen LogP contribution in [0.1, 0.15) is 20.9 Å². The summed E-state index contributed by atoms with van der Waals surface area (Å²) in [5.41, 5.74) is 9.14. The summed E-state index contributed by atoms with van der Waals surface area (Å²) in [6.45, 7) is 0. The maximum absolute atomic E-state index is 11.3. The van der Waals surface area contributed by atoms with Gasteiger partial charge in [-0.1, -0.05) is 12.1 Å². The van der Waals surface area contributed by atoms with Crippen molar-refractivity contribution >= 4 is 29.1 Å². The van der Waals surface area contributed by atoms with Gasteiger partial charge in [0.1, 0.15) is 5.69 Å². The summed E-state index contributed by atoms with van der Waals surface area (Å²) in [5.74, 6) is -0.573. The monoisotopic (exact) mass is 246 g/mol. The number of hydrogen-bond donors (Lipinski definition) is 1. The van der Waals surface area contributed by atoms with Crippen LogP contribution >= 0.6 is 11.3 Å². The number of nitrogen functional groups attached to an aromatic ring is 1. The minimum Gasteiger partial charge on any atom is -0.399 e. The number of carbonyl (C=O) groups excluding carboxylic acids is 2. The highest BCUT2D eigenvalue weighted by atomic mass is 32.1. The zero-order valence-electron chi connectivity index (χ0n) is 8.92. The van der Waals surface area contributed by atoms with Gasteiger partial charge in [0, 0.05) is 17.0 Å². The van der Waals surface area contributed by atoms with Crippen LogP contribution in [0.2, 0.25) is 0 Å². The van der Waals surface area contributed by atoms with E-state index in [0.29, 0.717) is 18.4 Å². The zero-order chi connectivity index (χ0) is 12.3. The number of ketones is 1. The molecule has 0 atom stereocenters. The molecule has 1 aromatic heterocycles. The first-order valence-electron chi connectivity index (χ1n) is 4.97. The molecule has 0 saturated carbocycles. The zero-order valence-corrected chi connectivity index (χ0v) is 9.74. The number of nitrogens with zero attached hydrogens (tertiary/aromatic N) is 1. The van der Waals surface area contributed by atoms with Crippen molar-refractivity contribution in [2.45, 2.75) is 6.42 Å². The average Bonchev–Trinajstić information content (AvgIpc) is 2.79. The summed E-state index contributed by atoms with van der Waals surface area (Å²) >= 11 is 1.37. The van der Waals surface area contributed by atoms with Crippen LogP contribution in [0.5, 0.6) is 0 Å². The summed E-state index contributed by atoms with van der Waals surface area (Å²) in [4.78, 5) is 26.5. The summed E-state index contributed by atoms with van der Waals surface area (Å²) in [6.07, 6.45) is 0.876. The first-order chi connectivity index (χ1) is 8.20. The Balaban J connectivity index is 2.24. The first kappa shape index (κ1) is 11.5. The van der Waals surface area contributed by atoms with Gasteiger partial charge in [-0.15, -0.1) is 11.3 Å². The van der Waals surface area contributed by atoms with Crippen molar-refractivity contribution in [3.63, 3.8) is 0 Å². The lowest BCUT2D eigenvalue weighted by molar-refractivity contribution is -0.104. The van der Waals surface area contributed by atoms with Gasteiger partial charge in [0.05, 0.1) is 5.51 Å². The Kier molecular flexibility index (Phi) is 3.30. The maximum atomic E-state index is 11.3. The highest BCUT2D eigenvalue weighted by molar-refractivity contribution is 7.10. The van der Waals surface area contributed by atoms with Gasteiger partial charge in [-0.3, -0.25) is 9.59 Å². The second kappa shape index (κ2) is 4.88. The van der Waals surface area contributed by atoms with Crippen molar-refractivity contribution in [2.75, 3.05) is 5.73 Å². The molecule has 4 nitrogen and oxygen atoms in total. The normalized spacial score (nSPS) is 10.1. The Hall–Kier alpha value is -2.01. The molecule has 0 fully saturated rings. The van der Waals surface area contributed by atoms with Gasteiger partial charge in [-0.2, -0.15) is 0 Å². The van der Waals surface area contributed by atoms with Gasteiger partial charge in [-0.25, -0.2) is 4.98 Å². The number of Topliss-reactive ketones (excluding diaryl/α,β-unsaturated/α-hetero) is 1. The van der Waals surface area contributed by atoms with Crippen LogP contribution in [-0.4, -0.2) is 17.1 Å². The number of aromatic nitrogens is 1. The standard InChI is InChI=1S/C12H10N2O2S/c13-9-3-1-8(2-4-9)5-11-12(10(16)6-15)14-7-17-11/h1-4,6-7H,5,13H2. The smallest absolute Gasteiger partial charge is 0.244 e. The molecule has 1 aromatic carbocycles. The van der Waals surface area contributed by atoms with Crippen molar-refractivity contribution in [1.29, 1.82) is 0 Å². The lowest BCUT2D eigenvalue weighted by Gasteiger charge is -2.00. The van der Waals surface area contributed by atoms with Crippen LogP contribution in [0.15, 0.2) is 29.8 Å². The largest absolute Gasteiger partial charge is 0.399 e. The van der Waals surface area contributed by atoms with E-state index in [0.717, 1.165) is 10.4 Å². The van der Waals surface area contributed by atoms with Gasteiger partial charge < -0.3 is 5.73 Å². The minimum absolute atomic E-state index is 0.252. The van der Waals surface area contributed by atoms with E-state index < -0.39 is 5.78 Å². The van der Waals surface area contributed by atoms with Crippen LogP contribution in [0, 0.1) is 0 Å². The number of benzene rings is 1. The molecule has 2 N–H and O–H groups in total. The molecular formula is C12H10N2O2S. The molecule has 0 aliphatic rings. The fourth-order valence-corrected chi connectivity index (χ4v) is 2.27. The molecule has 0 bridgehead atoms. The van der Waals surface area contributed by atoms with E-state index in [4.69, 9.17) is 5.73 Å². The minimum atomic E-state index is -0.573. The Labute approximate surface area is 102 Å². The molecule has 0 aliphatic carbocycles. The molecule has 2 rings (SSSR count). The Bertz CT molecular complexity index is 546. The highest BCUT2D eigenvalue weighted by Crippen LogP contribution is 2.19. The highest BCUT2D eigenvalue weighted by Gasteiger charge is 2.14. The quantitative estimate of drug-likeness (QED) is 0.385. The summed E-state index contributed by atoms with van der Waals surface area (Å²) in [5, 5.41) is 0. The topological polar surface area (TPSA) is 73.0 Å². The van der Waals surface area contributed by atoms with Crippen LogP contribution in [0.3, 0.4) is 0 Å². The number of aldehydes is 1. The van der Waals surface area contributed by atoms with Crippen LogP contribution < -0.4 is 5.73 Å². The number of anilines is 1. The number of carbonyl (C=O) groups is 2. The summed E-state index contributed by atoms with van der Waals surface area (Å²) in [7, 11) is 0. The van der Waals surface area contributed by atoms with Gasteiger partial charge >= 0.3 is 0 Å². The predicted octanol–water partition coefficient (Wildman–Crippen LogP) is 1.70. The molecule has 0 unspecified atom stereocenters. The van der Waals surface area contributed by atoms with E-state index in [-0.39, 0.29) is 5.69 Å². The van der Waals surface area contributed by atoms with E-state index in [1.807, 2.05) is 12.1 Å². The number of nitrogens with two attached hydrogens (primary N) is 1. The Morgan fingerprint density at radius 1 is 1.35 bits per heavy atom. The maximum Gasteiger partial charge on any atom is 0.244 e. The van der Waals surface area contributed by atoms with Crippen LogP contribution in [0.4, 0.5) is 5.69 Å². The van der Waals surface area contributed by atoms with Crippen molar-refractivity contribution in [3.8, 4) is 0 Å². The Morgan fingerprint density at radius 2 is 2.06 bits per heavy atom. The lowest BCUT2D eigenvalue weighted by atomic mass is 10.1. The van der Waals surface area contributed by atoms with Gasteiger partial charge in [0.2, 0.25) is 5.78 Å². The molecule has 1 heterocycles. The molecule has 0 spiro atoms. The second-order valence-corrected chi connectivity index (χ2v) is 4.46. The van der Waals surface area contributed by atoms with Crippen molar-refractivity contribution in [1.82, 2.24) is 4.98 Å². The molecule has 2 aromatic rings. The van der Waals surface area contributed by atoms with Crippen LogP contribution in [0.25, 0.3) is 0 Å². The summed E-state index contributed by atoms with van der Waals surface area (Å²) in [6, 6.07) is 7.39. The fourth-order valence-electron chi connectivity index (χ4n) is 1.47. The Morgan fingerprint density at radius 3 is 2.71 bits per heavy atom. The molecule has 0 aliphatic heterocycles. The van der Waals surface area contributed by atoms with Gasteiger partial charge in [-0.05, 0) is 17.7 Å². The molecule has 0 saturated heterocycles. The first-order valence-corrected chi connectivity index (χ1v) is 5.85. The molecular weight excluding hydrogens is 236 g/mol. The molecule has 86 valence electrons. The van der Waals surface area contributed by atoms with Gasteiger partial charge in [0.25, 0.3) is 0 Å². The fraction of sp³-hybridized carbons (Fsp3) is 0.0833. The van der Waals surface area contributed by atoms with E-state index in [1.54, 1.807) is 17.6 Å². The second-order valence-electron chi connectivity index (χ2n) is 3.52. The molecule has 17 heavy (non-hydrogen) atoms. The van der Waals surface area contributed by atoms with Crippen molar-refractivity contribution in [3.05, 3.63) is 45.9 Å². The van der Waals surface area contributed by atoms with E-state index >= 15 is 0 Å². The summed E-state index contributed by atoms with van der Waals surface area (Å²) < 4.78 is 0. The average molecular weight is 246 g/mol. The predicted molar refractivity (Wildman–Crippen MR) is 66.2 cm³/mol. The third-order valence-electron chi connectivity index (χ3n) is 2.33. The number of rotatable bonds is 4. The van der Waals surface area contributed by atoms with Crippen LogP contribution in [-0.2, 0) is 11.2 Å². The van der Waals surface area contributed by atoms with Gasteiger partial charge in [0.15, 0.2) is 6.29 Å². The molecule has 0 amide bonds. The SMILES string of the molecule is Nc1ccc(Cc2scnc2C(=O)C=O)cc1. The molecule has 5 heteroatoms. The third kappa shape index (κ3) is 2.57. The van der Waals surface area contributed by atoms with Crippen molar-refractivity contribution < 1.29 is 9.59 Å². The number of hydrogen-bond acceptors (Lipinski definition) is 5. The van der Waals surface area contributed by atoms with E-state index in [2.05, 4.69) is 4.98 Å². The lowest BCUT2D eigenvalue weighted by Crippen LogP contribution is -2.04. The third-order valence-corrected chi connectivity index (χ3v) is 3.16. The number of thiazole rings is 1. The van der Waals surface area contributed by atoms with E-state index in [9.17, 15) is 9.59 Å².